The smallest absolute Gasteiger partial charge is 0.0149 e. The molecule has 0 nitrogen and oxygen atoms in total. The molecular formula is C19H24. The number of aryl methyl sites for hydroxylation is 3. The van der Waals surface area contributed by atoms with Crippen LogP contribution in [0.1, 0.15) is 48.9 Å². The molecule has 2 aromatic rings. The molecule has 0 heterocycles. The molecule has 2 aromatic carbocycles. The molecule has 0 radical (unpaired) electrons. The quantitative estimate of drug-likeness (QED) is 0.661. The van der Waals surface area contributed by atoms with Crippen LogP contribution in [0.15, 0.2) is 36.4 Å². The third-order valence-corrected chi connectivity index (χ3v) is 3.85. The van der Waals surface area contributed by atoms with Crippen LogP contribution in [0, 0.1) is 13.8 Å². The van der Waals surface area contributed by atoms with E-state index in [2.05, 4.69) is 71.0 Å². The monoisotopic (exact) mass is 252 g/mol. The van der Waals surface area contributed by atoms with E-state index in [1.54, 1.807) is 0 Å². The highest BCUT2D eigenvalue weighted by Gasteiger charge is 2.09. The van der Waals surface area contributed by atoms with Crippen molar-refractivity contribution in [2.45, 2.75) is 47.0 Å². The van der Waals surface area contributed by atoms with Gasteiger partial charge in [-0.1, -0.05) is 62.7 Å². The molecule has 0 fully saturated rings. The molecular weight excluding hydrogens is 228 g/mol. The Hall–Kier alpha value is -1.56. The molecule has 0 atom stereocenters. The van der Waals surface area contributed by atoms with Gasteiger partial charge in [0.05, 0.1) is 0 Å². The number of hydrogen-bond acceptors (Lipinski definition) is 0. The molecule has 100 valence electrons. The van der Waals surface area contributed by atoms with Crippen molar-refractivity contribution in [3.8, 4) is 11.1 Å². The molecule has 0 unspecified atom stereocenters. The van der Waals surface area contributed by atoms with Crippen LogP contribution in [0.4, 0.5) is 0 Å². The second kappa shape index (κ2) is 5.61. The summed E-state index contributed by atoms with van der Waals surface area (Å²) in [6.07, 6.45) is 1.09. The van der Waals surface area contributed by atoms with Crippen molar-refractivity contribution in [2.75, 3.05) is 0 Å². The van der Waals surface area contributed by atoms with Crippen LogP contribution < -0.4 is 0 Å². The van der Waals surface area contributed by atoms with Crippen LogP contribution in [0.2, 0.25) is 0 Å². The number of rotatable bonds is 3. The van der Waals surface area contributed by atoms with E-state index in [1.165, 1.54) is 33.4 Å². The molecule has 0 aromatic heterocycles. The van der Waals surface area contributed by atoms with E-state index >= 15 is 0 Å². The normalized spacial score (nSPS) is 11.1. The summed E-state index contributed by atoms with van der Waals surface area (Å²) >= 11 is 0. The molecule has 0 aliphatic heterocycles. The van der Waals surface area contributed by atoms with E-state index < -0.39 is 0 Å². The van der Waals surface area contributed by atoms with Crippen molar-refractivity contribution in [3.05, 3.63) is 58.7 Å². The lowest BCUT2D eigenvalue weighted by atomic mass is 9.90. The summed E-state index contributed by atoms with van der Waals surface area (Å²) < 4.78 is 0. The highest BCUT2D eigenvalue weighted by molar-refractivity contribution is 5.71. The maximum absolute atomic E-state index is 2.37. The van der Waals surface area contributed by atoms with E-state index in [0.29, 0.717) is 5.92 Å². The lowest BCUT2D eigenvalue weighted by molar-refractivity contribution is 0.863. The molecule has 0 bridgehead atoms. The summed E-state index contributed by atoms with van der Waals surface area (Å²) in [5, 5.41) is 0. The minimum absolute atomic E-state index is 0.596. The van der Waals surface area contributed by atoms with Gasteiger partial charge in [-0.05, 0) is 54.0 Å². The van der Waals surface area contributed by atoms with E-state index in [9.17, 15) is 0 Å². The maximum Gasteiger partial charge on any atom is -0.0149 e. The molecule has 0 N–H and O–H groups in total. The summed E-state index contributed by atoms with van der Waals surface area (Å²) in [5.41, 5.74) is 8.36. The summed E-state index contributed by atoms with van der Waals surface area (Å²) in [4.78, 5) is 0. The number of benzene rings is 2. The third kappa shape index (κ3) is 2.89. The molecule has 0 amide bonds. The fraction of sp³-hybridized carbons (Fsp3) is 0.368. The Kier molecular flexibility index (Phi) is 4.09. The molecule has 0 spiro atoms. The Morgan fingerprint density at radius 3 is 2.16 bits per heavy atom. The Morgan fingerprint density at radius 2 is 1.58 bits per heavy atom. The summed E-state index contributed by atoms with van der Waals surface area (Å²) in [6, 6.07) is 13.7. The number of hydrogen-bond donors (Lipinski definition) is 0. The lowest BCUT2D eigenvalue weighted by Crippen LogP contribution is -1.95. The van der Waals surface area contributed by atoms with Gasteiger partial charge in [0.1, 0.15) is 0 Å². The second-order valence-electron chi connectivity index (χ2n) is 5.74. The highest BCUT2D eigenvalue weighted by Crippen LogP contribution is 2.30. The van der Waals surface area contributed by atoms with Gasteiger partial charge in [0.2, 0.25) is 0 Å². The van der Waals surface area contributed by atoms with E-state index in [-0.39, 0.29) is 0 Å². The fourth-order valence-corrected chi connectivity index (χ4v) is 2.64. The summed E-state index contributed by atoms with van der Waals surface area (Å²) in [7, 11) is 0. The van der Waals surface area contributed by atoms with Crippen LogP contribution >= 0.6 is 0 Å². The van der Waals surface area contributed by atoms with Crippen molar-refractivity contribution < 1.29 is 0 Å². The third-order valence-electron chi connectivity index (χ3n) is 3.85. The fourth-order valence-electron chi connectivity index (χ4n) is 2.64. The van der Waals surface area contributed by atoms with Crippen LogP contribution in [0.3, 0.4) is 0 Å². The van der Waals surface area contributed by atoms with Crippen molar-refractivity contribution in [1.29, 1.82) is 0 Å². The van der Waals surface area contributed by atoms with Gasteiger partial charge in [0, 0.05) is 0 Å². The average Bonchev–Trinajstić information content (AvgIpc) is 2.38. The standard InChI is InChI=1S/C19H24/c1-6-16-12-17(13(2)3)8-10-19(16)18-9-7-14(4)11-15(18)5/h7-13H,6H2,1-5H3. The van der Waals surface area contributed by atoms with E-state index in [1.807, 2.05) is 0 Å². The van der Waals surface area contributed by atoms with Crippen molar-refractivity contribution >= 4 is 0 Å². The zero-order valence-corrected chi connectivity index (χ0v) is 12.7. The largest absolute Gasteiger partial charge is 0.0613 e. The molecule has 19 heavy (non-hydrogen) atoms. The van der Waals surface area contributed by atoms with Gasteiger partial charge in [0.15, 0.2) is 0 Å². The predicted molar refractivity (Wildman–Crippen MR) is 84.8 cm³/mol. The van der Waals surface area contributed by atoms with Crippen LogP contribution in [0.5, 0.6) is 0 Å². The molecule has 0 heteroatoms. The van der Waals surface area contributed by atoms with E-state index in [4.69, 9.17) is 0 Å². The maximum atomic E-state index is 2.37. The Balaban J connectivity index is 2.55. The minimum atomic E-state index is 0.596. The molecule has 2 rings (SSSR count). The first-order chi connectivity index (χ1) is 9.02. The van der Waals surface area contributed by atoms with E-state index in [0.717, 1.165) is 6.42 Å². The van der Waals surface area contributed by atoms with Gasteiger partial charge < -0.3 is 0 Å². The van der Waals surface area contributed by atoms with Gasteiger partial charge in [-0.15, -0.1) is 0 Å². The van der Waals surface area contributed by atoms with Gasteiger partial charge in [-0.3, -0.25) is 0 Å². The predicted octanol–water partition coefficient (Wildman–Crippen LogP) is 5.66. The summed E-state index contributed by atoms with van der Waals surface area (Å²) in [5.74, 6) is 0.596. The SMILES string of the molecule is CCc1cc(C(C)C)ccc1-c1ccc(C)cc1C. The lowest BCUT2D eigenvalue weighted by Gasteiger charge is -2.15. The molecule has 0 saturated carbocycles. The van der Waals surface area contributed by atoms with Crippen LogP contribution in [-0.2, 0) is 6.42 Å². The van der Waals surface area contributed by atoms with Gasteiger partial charge in [-0.2, -0.15) is 0 Å². The molecule has 0 saturated heterocycles. The Bertz CT molecular complexity index is 577. The van der Waals surface area contributed by atoms with Crippen LogP contribution in [0.25, 0.3) is 11.1 Å². The van der Waals surface area contributed by atoms with Crippen LogP contribution in [-0.4, -0.2) is 0 Å². The second-order valence-corrected chi connectivity index (χ2v) is 5.74. The van der Waals surface area contributed by atoms with Gasteiger partial charge in [0.25, 0.3) is 0 Å². The zero-order valence-electron chi connectivity index (χ0n) is 12.7. The molecule has 0 aliphatic carbocycles. The Morgan fingerprint density at radius 1 is 0.895 bits per heavy atom. The first-order valence-electron chi connectivity index (χ1n) is 7.23. The highest BCUT2D eigenvalue weighted by atomic mass is 14.1. The van der Waals surface area contributed by atoms with Crippen molar-refractivity contribution in [3.63, 3.8) is 0 Å². The van der Waals surface area contributed by atoms with Crippen molar-refractivity contribution in [1.82, 2.24) is 0 Å². The Labute approximate surface area is 117 Å². The topological polar surface area (TPSA) is 0 Å². The molecule has 0 aliphatic rings. The minimum Gasteiger partial charge on any atom is -0.0613 e. The van der Waals surface area contributed by atoms with Gasteiger partial charge >= 0.3 is 0 Å². The van der Waals surface area contributed by atoms with Gasteiger partial charge in [-0.25, -0.2) is 0 Å². The first-order valence-corrected chi connectivity index (χ1v) is 7.23. The average molecular weight is 252 g/mol. The summed E-state index contributed by atoms with van der Waals surface area (Å²) in [6.45, 7) is 11.1. The zero-order chi connectivity index (χ0) is 14.0. The van der Waals surface area contributed by atoms with Crippen molar-refractivity contribution in [2.24, 2.45) is 0 Å². The first kappa shape index (κ1) is 13.9.